The standard InChI is InChI=1S/C21H18O7.C11H21NO3.C2H6/c1-28-14-4-2-3-11-15(14)21(27)17-16(19(11)25)20(26)12-7-9(13(23)8-22)5-6-10(12)18(17)24;1-8-11(14)9(7-10(13)15-8)12-5-3-2-4-6-12;1-2/h2-4,9,22,24,26H,5-8H2,1H3;8-11,13-14H,2-7H2,1H3;1-2H3/t9-;8?,9-,10-,11?;/m01./s1. The Hall–Kier alpha value is -3.35. The van der Waals surface area contributed by atoms with Gasteiger partial charge in [0, 0.05) is 35.1 Å². The summed E-state index contributed by atoms with van der Waals surface area (Å²) in [5.41, 5.74) is 0.301. The fourth-order valence-electron chi connectivity index (χ4n) is 6.87. The fourth-order valence-corrected chi connectivity index (χ4v) is 6.87. The van der Waals surface area contributed by atoms with Crippen LogP contribution in [0.3, 0.4) is 0 Å². The predicted molar refractivity (Wildman–Crippen MR) is 165 cm³/mol. The second kappa shape index (κ2) is 14.8. The Morgan fingerprint density at radius 3 is 2.27 bits per heavy atom. The number of phenolic OH excluding ortho intramolecular Hbond substituents is 2. The van der Waals surface area contributed by atoms with E-state index in [1.165, 1.54) is 32.4 Å². The molecule has 45 heavy (non-hydrogen) atoms. The van der Waals surface area contributed by atoms with Crippen molar-refractivity contribution in [1.82, 2.24) is 4.90 Å². The highest BCUT2D eigenvalue weighted by atomic mass is 16.6. The molecule has 6 rings (SSSR count). The third-order valence-electron chi connectivity index (χ3n) is 9.19. The van der Waals surface area contributed by atoms with Crippen molar-refractivity contribution in [1.29, 1.82) is 0 Å². The Bertz CT molecular complexity index is 1420. The molecular formula is C34H45NO10. The number of rotatable bonds is 4. The molecule has 0 aromatic heterocycles. The van der Waals surface area contributed by atoms with Gasteiger partial charge in [-0.3, -0.25) is 19.3 Å². The molecule has 0 amide bonds. The van der Waals surface area contributed by atoms with Crippen molar-refractivity contribution >= 4 is 17.3 Å². The van der Waals surface area contributed by atoms with Crippen LogP contribution in [0.5, 0.6) is 17.2 Å². The van der Waals surface area contributed by atoms with E-state index in [0.29, 0.717) is 18.4 Å². The maximum Gasteiger partial charge on any atom is 0.202 e. The van der Waals surface area contributed by atoms with Crippen LogP contribution in [-0.4, -0.2) is 99.1 Å². The molecule has 2 fully saturated rings. The predicted octanol–water partition coefficient (Wildman–Crippen LogP) is 2.90. The third-order valence-corrected chi connectivity index (χ3v) is 9.19. The van der Waals surface area contributed by atoms with Crippen molar-refractivity contribution in [2.75, 3.05) is 26.8 Å². The third kappa shape index (κ3) is 6.64. The number of nitrogens with zero attached hydrogens (tertiary/aromatic N) is 1. The molecule has 0 bridgehead atoms. The highest BCUT2D eigenvalue weighted by molar-refractivity contribution is 6.31. The van der Waals surface area contributed by atoms with Crippen LogP contribution in [0.25, 0.3) is 0 Å². The minimum Gasteiger partial charge on any atom is -0.507 e. The van der Waals surface area contributed by atoms with Gasteiger partial charge in [0.25, 0.3) is 0 Å². The van der Waals surface area contributed by atoms with Gasteiger partial charge in [0.1, 0.15) is 23.9 Å². The van der Waals surface area contributed by atoms with Gasteiger partial charge in [0.05, 0.1) is 36.0 Å². The highest BCUT2D eigenvalue weighted by Crippen LogP contribution is 2.47. The first-order valence-electron chi connectivity index (χ1n) is 15.8. The summed E-state index contributed by atoms with van der Waals surface area (Å²) in [6.07, 6.45) is 3.50. The van der Waals surface area contributed by atoms with Crippen LogP contribution in [0.4, 0.5) is 0 Å². The van der Waals surface area contributed by atoms with Gasteiger partial charge in [-0.25, -0.2) is 0 Å². The van der Waals surface area contributed by atoms with Crippen LogP contribution in [-0.2, 0) is 22.4 Å². The van der Waals surface area contributed by atoms with Crippen LogP contribution < -0.4 is 4.74 Å². The number of aliphatic hydroxyl groups is 3. The van der Waals surface area contributed by atoms with Gasteiger partial charge in [-0.1, -0.05) is 32.4 Å². The summed E-state index contributed by atoms with van der Waals surface area (Å²) >= 11 is 0. The van der Waals surface area contributed by atoms with E-state index < -0.39 is 36.5 Å². The summed E-state index contributed by atoms with van der Waals surface area (Å²) in [5, 5.41) is 50.3. The maximum absolute atomic E-state index is 13.1. The molecule has 0 spiro atoms. The van der Waals surface area contributed by atoms with Crippen molar-refractivity contribution in [3.8, 4) is 17.2 Å². The zero-order valence-electron chi connectivity index (χ0n) is 26.4. The average molecular weight is 628 g/mol. The van der Waals surface area contributed by atoms with Crippen LogP contribution in [0.1, 0.15) is 95.8 Å². The Kier molecular flexibility index (Phi) is 11.4. The lowest BCUT2D eigenvalue weighted by molar-refractivity contribution is -0.217. The Morgan fingerprint density at radius 2 is 1.62 bits per heavy atom. The topological polar surface area (TPSA) is 174 Å². The second-order valence-electron chi connectivity index (χ2n) is 11.7. The molecule has 0 radical (unpaired) electrons. The van der Waals surface area contributed by atoms with Crippen LogP contribution >= 0.6 is 0 Å². The molecule has 2 aromatic rings. The molecule has 2 saturated heterocycles. The molecule has 246 valence electrons. The Morgan fingerprint density at radius 1 is 0.978 bits per heavy atom. The highest BCUT2D eigenvalue weighted by Gasteiger charge is 2.41. The summed E-state index contributed by atoms with van der Waals surface area (Å²) in [6, 6.07) is 4.66. The number of carbonyl (C=O) groups is 3. The molecule has 4 aliphatic rings. The molecular weight excluding hydrogens is 582 g/mol. The Labute approximate surface area is 263 Å². The monoisotopic (exact) mass is 627 g/mol. The molecule has 2 aromatic carbocycles. The number of aliphatic hydroxyl groups excluding tert-OH is 3. The van der Waals surface area contributed by atoms with E-state index in [2.05, 4.69) is 4.90 Å². The molecule has 5 atom stereocenters. The number of hydrogen-bond acceptors (Lipinski definition) is 11. The first-order chi connectivity index (χ1) is 21.6. The molecule has 2 aliphatic heterocycles. The van der Waals surface area contributed by atoms with E-state index in [-0.39, 0.29) is 75.8 Å². The number of phenols is 2. The fraction of sp³-hybridized carbons (Fsp3) is 0.559. The van der Waals surface area contributed by atoms with Crippen molar-refractivity contribution in [3.63, 3.8) is 0 Å². The minimum atomic E-state index is -0.713. The largest absolute Gasteiger partial charge is 0.507 e. The molecule has 0 saturated carbocycles. The van der Waals surface area contributed by atoms with Gasteiger partial charge >= 0.3 is 0 Å². The number of hydrogen-bond donors (Lipinski definition) is 5. The number of carbonyl (C=O) groups excluding carboxylic acids is 3. The lowest BCUT2D eigenvalue weighted by Crippen LogP contribution is -2.55. The number of piperidine rings is 1. The lowest BCUT2D eigenvalue weighted by Gasteiger charge is -2.43. The number of benzene rings is 2. The minimum absolute atomic E-state index is 0.0568. The van der Waals surface area contributed by atoms with Crippen LogP contribution in [0.15, 0.2) is 18.2 Å². The molecule has 2 aliphatic carbocycles. The molecule has 11 heteroatoms. The van der Waals surface area contributed by atoms with Gasteiger partial charge in [0.2, 0.25) is 5.78 Å². The zero-order chi connectivity index (χ0) is 33.0. The van der Waals surface area contributed by atoms with E-state index in [1.54, 1.807) is 12.1 Å². The van der Waals surface area contributed by atoms with Crippen LogP contribution in [0, 0.1) is 5.92 Å². The smallest absolute Gasteiger partial charge is 0.202 e. The summed E-state index contributed by atoms with van der Waals surface area (Å²) in [4.78, 5) is 40.4. The van der Waals surface area contributed by atoms with Gasteiger partial charge in [-0.05, 0) is 58.2 Å². The van der Waals surface area contributed by atoms with E-state index >= 15 is 0 Å². The average Bonchev–Trinajstić information content (AvgIpc) is 3.07. The van der Waals surface area contributed by atoms with Gasteiger partial charge in [0.15, 0.2) is 17.9 Å². The van der Waals surface area contributed by atoms with Crippen molar-refractivity contribution in [2.45, 2.75) is 90.3 Å². The maximum atomic E-state index is 13.1. The number of ether oxygens (including phenoxy) is 2. The normalized spacial score (nSPS) is 25.8. The van der Waals surface area contributed by atoms with E-state index in [1.807, 2.05) is 20.8 Å². The zero-order valence-corrected chi connectivity index (χ0v) is 26.4. The van der Waals surface area contributed by atoms with Crippen molar-refractivity contribution < 1.29 is 49.4 Å². The van der Waals surface area contributed by atoms with Gasteiger partial charge < -0.3 is 35.0 Å². The van der Waals surface area contributed by atoms with Crippen molar-refractivity contribution in [3.05, 3.63) is 51.6 Å². The molecule has 2 heterocycles. The van der Waals surface area contributed by atoms with Crippen molar-refractivity contribution in [2.24, 2.45) is 5.92 Å². The van der Waals surface area contributed by atoms with E-state index in [0.717, 1.165) is 13.1 Å². The molecule has 2 unspecified atom stereocenters. The van der Waals surface area contributed by atoms with Gasteiger partial charge in [-0.2, -0.15) is 0 Å². The number of aromatic hydroxyl groups is 2. The number of methoxy groups -OCH3 is 1. The molecule has 11 nitrogen and oxygen atoms in total. The summed E-state index contributed by atoms with van der Waals surface area (Å²) in [5.74, 6) is -2.56. The number of Topliss-reactive ketones (excluding diaryl/α,β-unsaturated/α-hetero) is 1. The van der Waals surface area contributed by atoms with Gasteiger partial charge in [-0.15, -0.1) is 0 Å². The summed E-state index contributed by atoms with van der Waals surface area (Å²) < 4.78 is 10.4. The Balaban J connectivity index is 0.000000228. The SMILES string of the molecule is CC.CC1O[C@@H](O)C[C@@H](N2CCCCC2)C1O.COc1cccc2c1C(=O)c1c(O)c3c(c(O)c1C2=O)C[C@@H](C(=O)CO)CC3. The van der Waals surface area contributed by atoms with Crippen LogP contribution in [0.2, 0.25) is 0 Å². The lowest BCUT2D eigenvalue weighted by atomic mass is 9.75. The number of fused-ring (bicyclic) bond motifs is 3. The quantitative estimate of drug-likeness (QED) is 0.269. The second-order valence-corrected chi connectivity index (χ2v) is 11.7. The first kappa shape index (κ1) is 34.5. The molecule has 5 N–H and O–H groups in total. The summed E-state index contributed by atoms with van der Waals surface area (Å²) in [6.45, 7) is 7.30. The number of likely N-dealkylation sites (tertiary alicyclic amines) is 1. The number of ketones is 3. The van der Waals surface area contributed by atoms with E-state index in [4.69, 9.17) is 14.6 Å². The first-order valence-corrected chi connectivity index (χ1v) is 15.8. The van der Waals surface area contributed by atoms with E-state index in [9.17, 15) is 34.8 Å². The summed E-state index contributed by atoms with van der Waals surface area (Å²) in [7, 11) is 1.38.